The van der Waals surface area contributed by atoms with Gasteiger partial charge >= 0.3 is 0 Å². The van der Waals surface area contributed by atoms with Gasteiger partial charge in [0.1, 0.15) is 0 Å². The van der Waals surface area contributed by atoms with E-state index >= 15 is 0 Å². The van der Waals surface area contributed by atoms with Crippen LogP contribution in [0.3, 0.4) is 0 Å². The molecule has 2 heteroatoms. The molecule has 0 aliphatic heterocycles. The van der Waals surface area contributed by atoms with Gasteiger partial charge in [-0.15, -0.1) is 0 Å². The molecule has 2 aromatic rings. The Morgan fingerprint density at radius 1 is 1.27 bits per heavy atom. The first-order valence-corrected chi connectivity index (χ1v) is 5.33. The van der Waals surface area contributed by atoms with Gasteiger partial charge in [0.2, 0.25) is 0 Å². The zero-order valence-corrected chi connectivity index (χ0v) is 9.20. The van der Waals surface area contributed by atoms with Crippen LogP contribution in [0.1, 0.15) is 19.4 Å². The fourth-order valence-corrected chi connectivity index (χ4v) is 1.56. The van der Waals surface area contributed by atoms with E-state index in [-0.39, 0.29) is 0 Å². The summed E-state index contributed by atoms with van der Waals surface area (Å²) in [5.74, 6) is 0. The van der Waals surface area contributed by atoms with E-state index in [1.54, 1.807) is 0 Å². The second-order valence-electron chi connectivity index (χ2n) is 4.07. The van der Waals surface area contributed by atoms with E-state index < -0.39 is 0 Å². The molecular formula is C13H16N2. The monoisotopic (exact) mass is 200 g/mol. The Morgan fingerprint density at radius 3 is 2.93 bits per heavy atom. The summed E-state index contributed by atoms with van der Waals surface area (Å²) in [5, 5.41) is 4.61. The predicted molar refractivity (Wildman–Crippen MR) is 63.7 cm³/mol. The summed E-state index contributed by atoms with van der Waals surface area (Å²) in [6.07, 6.45) is 1.83. The van der Waals surface area contributed by atoms with Gasteiger partial charge in [-0.2, -0.15) is 0 Å². The Bertz CT molecular complexity index is 449. The molecule has 15 heavy (non-hydrogen) atoms. The molecule has 0 amide bonds. The van der Waals surface area contributed by atoms with E-state index in [1.165, 1.54) is 10.9 Å². The lowest BCUT2D eigenvalue weighted by Gasteiger charge is -2.08. The van der Waals surface area contributed by atoms with Gasteiger partial charge in [0.25, 0.3) is 0 Å². The number of hydrogen-bond donors (Lipinski definition) is 1. The fraction of sp³-hybridized carbons (Fsp3) is 0.308. The van der Waals surface area contributed by atoms with Gasteiger partial charge in [-0.25, -0.2) is 0 Å². The van der Waals surface area contributed by atoms with E-state index in [0.717, 1.165) is 12.1 Å². The van der Waals surface area contributed by atoms with Crippen LogP contribution in [0.5, 0.6) is 0 Å². The van der Waals surface area contributed by atoms with Crippen LogP contribution in [0.4, 0.5) is 0 Å². The molecule has 0 radical (unpaired) electrons. The minimum Gasteiger partial charge on any atom is -0.310 e. The average Bonchev–Trinajstić information content (AvgIpc) is 2.26. The summed E-state index contributed by atoms with van der Waals surface area (Å²) in [4.78, 5) is 4.30. The lowest BCUT2D eigenvalue weighted by molar-refractivity contribution is 0.589. The minimum absolute atomic E-state index is 0.523. The Kier molecular flexibility index (Phi) is 2.97. The highest BCUT2D eigenvalue weighted by Crippen LogP contribution is 2.13. The summed E-state index contributed by atoms with van der Waals surface area (Å²) >= 11 is 0. The third-order valence-corrected chi connectivity index (χ3v) is 2.38. The molecule has 2 nitrogen and oxygen atoms in total. The smallest absolute Gasteiger partial charge is 0.0702 e. The SMILES string of the molecule is CC(C)NCc1ccc2ncccc2c1. The molecular weight excluding hydrogens is 184 g/mol. The molecule has 1 aromatic carbocycles. The summed E-state index contributed by atoms with van der Waals surface area (Å²) in [6.45, 7) is 5.23. The van der Waals surface area contributed by atoms with E-state index in [1.807, 2.05) is 12.3 Å². The standard InChI is InChI=1S/C13H16N2/c1-10(2)15-9-11-5-6-13-12(8-11)4-3-7-14-13/h3-8,10,15H,9H2,1-2H3. The number of pyridine rings is 1. The molecule has 2 rings (SSSR count). The summed E-state index contributed by atoms with van der Waals surface area (Å²) < 4.78 is 0. The first kappa shape index (κ1) is 10.1. The van der Waals surface area contributed by atoms with E-state index in [4.69, 9.17) is 0 Å². The zero-order chi connectivity index (χ0) is 10.7. The molecule has 1 N–H and O–H groups in total. The van der Waals surface area contributed by atoms with Crippen LogP contribution in [0, 0.1) is 0 Å². The first-order chi connectivity index (χ1) is 7.25. The largest absolute Gasteiger partial charge is 0.310 e. The van der Waals surface area contributed by atoms with E-state index in [0.29, 0.717) is 6.04 Å². The average molecular weight is 200 g/mol. The highest BCUT2D eigenvalue weighted by atomic mass is 14.9. The number of rotatable bonds is 3. The van der Waals surface area contributed by atoms with Gasteiger partial charge < -0.3 is 5.32 Å². The van der Waals surface area contributed by atoms with Crippen LogP contribution in [0.15, 0.2) is 36.5 Å². The number of nitrogens with zero attached hydrogens (tertiary/aromatic N) is 1. The minimum atomic E-state index is 0.523. The van der Waals surface area contributed by atoms with Crippen molar-refractivity contribution >= 4 is 10.9 Å². The number of nitrogens with one attached hydrogen (secondary N) is 1. The quantitative estimate of drug-likeness (QED) is 0.824. The van der Waals surface area contributed by atoms with Gasteiger partial charge in [-0.05, 0) is 23.8 Å². The second-order valence-corrected chi connectivity index (χ2v) is 4.07. The molecule has 1 aromatic heterocycles. The number of fused-ring (bicyclic) bond motifs is 1. The van der Waals surface area contributed by atoms with Crippen LogP contribution in [-0.4, -0.2) is 11.0 Å². The van der Waals surface area contributed by atoms with E-state index in [9.17, 15) is 0 Å². The molecule has 0 bridgehead atoms. The van der Waals surface area contributed by atoms with Gasteiger partial charge in [0.15, 0.2) is 0 Å². The molecule has 0 aliphatic carbocycles. The van der Waals surface area contributed by atoms with Crippen molar-refractivity contribution in [3.05, 3.63) is 42.1 Å². The van der Waals surface area contributed by atoms with Crippen LogP contribution in [-0.2, 0) is 6.54 Å². The van der Waals surface area contributed by atoms with Crippen molar-refractivity contribution in [2.24, 2.45) is 0 Å². The third kappa shape index (κ3) is 2.54. The third-order valence-electron chi connectivity index (χ3n) is 2.38. The maximum atomic E-state index is 4.30. The molecule has 0 unspecified atom stereocenters. The van der Waals surface area contributed by atoms with Crippen molar-refractivity contribution in [3.63, 3.8) is 0 Å². The van der Waals surface area contributed by atoms with Crippen molar-refractivity contribution in [1.29, 1.82) is 0 Å². The normalized spacial score (nSPS) is 11.1. The van der Waals surface area contributed by atoms with Crippen LogP contribution < -0.4 is 5.32 Å². The van der Waals surface area contributed by atoms with Crippen molar-refractivity contribution in [2.45, 2.75) is 26.4 Å². The van der Waals surface area contributed by atoms with Gasteiger partial charge in [-0.3, -0.25) is 4.98 Å². The maximum absolute atomic E-state index is 4.30. The number of aromatic nitrogens is 1. The van der Waals surface area contributed by atoms with Crippen molar-refractivity contribution in [2.75, 3.05) is 0 Å². The highest BCUT2D eigenvalue weighted by Gasteiger charge is 1.97. The molecule has 0 aliphatic rings. The van der Waals surface area contributed by atoms with Crippen LogP contribution in [0.25, 0.3) is 10.9 Å². The number of benzene rings is 1. The number of hydrogen-bond acceptors (Lipinski definition) is 2. The Hall–Kier alpha value is -1.41. The van der Waals surface area contributed by atoms with Crippen molar-refractivity contribution in [1.82, 2.24) is 10.3 Å². The summed E-state index contributed by atoms with van der Waals surface area (Å²) in [6, 6.07) is 11.0. The van der Waals surface area contributed by atoms with Gasteiger partial charge in [0.05, 0.1) is 5.52 Å². The van der Waals surface area contributed by atoms with Crippen LogP contribution in [0.2, 0.25) is 0 Å². The predicted octanol–water partition coefficient (Wildman–Crippen LogP) is 2.73. The van der Waals surface area contributed by atoms with Gasteiger partial charge in [0, 0.05) is 24.2 Å². The fourth-order valence-electron chi connectivity index (χ4n) is 1.56. The Morgan fingerprint density at radius 2 is 2.13 bits per heavy atom. The molecule has 0 spiro atoms. The molecule has 0 saturated carbocycles. The maximum Gasteiger partial charge on any atom is 0.0702 e. The van der Waals surface area contributed by atoms with Crippen molar-refractivity contribution < 1.29 is 0 Å². The molecule has 0 atom stereocenters. The highest BCUT2D eigenvalue weighted by molar-refractivity contribution is 5.78. The lowest BCUT2D eigenvalue weighted by atomic mass is 10.1. The van der Waals surface area contributed by atoms with E-state index in [2.05, 4.69) is 48.4 Å². The molecule has 1 heterocycles. The Labute approximate surface area is 90.3 Å². The Balaban J connectivity index is 2.23. The van der Waals surface area contributed by atoms with Gasteiger partial charge in [-0.1, -0.05) is 26.0 Å². The topological polar surface area (TPSA) is 24.9 Å². The zero-order valence-electron chi connectivity index (χ0n) is 9.20. The van der Waals surface area contributed by atoms with Crippen LogP contribution >= 0.6 is 0 Å². The van der Waals surface area contributed by atoms with Crippen molar-refractivity contribution in [3.8, 4) is 0 Å². The molecule has 0 saturated heterocycles. The second kappa shape index (κ2) is 4.41. The summed E-state index contributed by atoms with van der Waals surface area (Å²) in [5.41, 5.74) is 2.37. The lowest BCUT2D eigenvalue weighted by Crippen LogP contribution is -2.21. The summed E-state index contributed by atoms with van der Waals surface area (Å²) in [7, 11) is 0. The molecule has 0 fully saturated rings. The molecule has 78 valence electrons. The first-order valence-electron chi connectivity index (χ1n) is 5.33.